The monoisotopic (exact) mass is 409 g/mol. The van der Waals surface area contributed by atoms with E-state index in [0.29, 0.717) is 24.9 Å². The van der Waals surface area contributed by atoms with E-state index in [1.165, 1.54) is 23.4 Å². The lowest BCUT2D eigenvalue weighted by Gasteiger charge is -2.41. The summed E-state index contributed by atoms with van der Waals surface area (Å²) in [4.78, 5) is 19.1. The topological polar surface area (TPSA) is 47.0 Å². The van der Waals surface area contributed by atoms with Crippen LogP contribution >= 0.6 is 0 Å². The number of amides is 1. The molecular weight excluding hydrogens is 381 g/mol. The number of carbonyl (C=O) groups is 1. The number of aliphatic hydroxyl groups is 1. The van der Waals surface area contributed by atoms with Crippen molar-refractivity contribution in [1.82, 2.24) is 4.90 Å². The van der Waals surface area contributed by atoms with Crippen LogP contribution in [0.1, 0.15) is 42.4 Å². The minimum absolute atomic E-state index is 0.164. The molecule has 0 aliphatic carbocycles. The van der Waals surface area contributed by atoms with Gasteiger partial charge in [-0.25, -0.2) is 4.39 Å². The molecule has 6 heteroatoms. The largest absolute Gasteiger partial charge is 0.388 e. The molecule has 2 aromatic carbocycles. The zero-order valence-electron chi connectivity index (χ0n) is 17.3. The number of fused-ring (bicyclic) bond motifs is 3. The summed E-state index contributed by atoms with van der Waals surface area (Å²) in [5, 5.41) is 10.4. The molecular formula is C24H28FN3O2. The van der Waals surface area contributed by atoms with E-state index in [1.807, 2.05) is 7.05 Å². The van der Waals surface area contributed by atoms with Crippen molar-refractivity contribution in [2.75, 3.05) is 43.0 Å². The molecule has 1 unspecified atom stereocenters. The van der Waals surface area contributed by atoms with Gasteiger partial charge in [0.05, 0.1) is 24.0 Å². The average molecular weight is 410 g/mol. The van der Waals surface area contributed by atoms with Crippen LogP contribution in [0.25, 0.3) is 0 Å². The molecule has 30 heavy (non-hydrogen) atoms. The number of halogens is 1. The summed E-state index contributed by atoms with van der Waals surface area (Å²) >= 11 is 0. The van der Waals surface area contributed by atoms with Crippen LogP contribution in [-0.2, 0) is 4.79 Å². The van der Waals surface area contributed by atoms with Gasteiger partial charge in [0.25, 0.3) is 0 Å². The first-order valence-electron chi connectivity index (χ1n) is 10.8. The van der Waals surface area contributed by atoms with Gasteiger partial charge in [-0.15, -0.1) is 0 Å². The number of nitrogens with zero attached hydrogens (tertiary/aromatic N) is 3. The van der Waals surface area contributed by atoms with Crippen molar-refractivity contribution in [2.24, 2.45) is 0 Å². The smallest absolute Gasteiger partial charge is 0.246 e. The van der Waals surface area contributed by atoms with Crippen molar-refractivity contribution in [3.8, 4) is 0 Å². The van der Waals surface area contributed by atoms with Crippen molar-refractivity contribution in [3.63, 3.8) is 0 Å². The first-order chi connectivity index (χ1) is 14.5. The maximum Gasteiger partial charge on any atom is 0.246 e. The van der Waals surface area contributed by atoms with Crippen molar-refractivity contribution < 1.29 is 14.3 Å². The minimum atomic E-state index is -0.552. The molecule has 1 N–H and O–H groups in total. The molecule has 1 saturated heterocycles. The molecule has 1 amide bonds. The Morgan fingerprint density at radius 1 is 1.20 bits per heavy atom. The summed E-state index contributed by atoms with van der Waals surface area (Å²) in [7, 11) is 1.87. The number of likely N-dealkylation sites (tertiary alicyclic amines) is 1. The number of benzene rings is 2. The van der Waals surface area contributed by atoms with Gasteiger partial charge >= 0.3 is 0 Å². The number of anilines is 2. The van der Waals surface area contributed by atoms with Crippen LogP contribution in [0.2, 0.25) is 0 Å². The van der Waals surface area contributed by atoms with Crippen molar-refractivity contribution in [1.29, 1.82) is 0 Å². The summed E-state index contributed by atoms with van der Waals surface area (Å²) in [6.07, 6.45) is 2.07. The van der Waals surface area contributed by atoms with Gasteiger partial charge in [0.2, 0.25) is 5.91 Å². The summed E-state index contributed by atoms with van der Waals surface area (Å²) < 4.78 is 13.1. The Morgan fingerprint density at radius 2 is 2.00 bits per heavy atom. The molecule has 5 rings (SSSR count). The third-order valence-corrected chi connectivity index (χ3v) is 7.04. The zero-order chi connectivity index (χ0) is 20.8. The number of aliphatic hydroxyl groups excluding tert-OH is 1. The molecule has 3 aliphatic heterocycles. The summed E-state index contributed by atoms with van der Waals surface area (Å²) in [6.45, 7) is 3.42. The van der Waals surface area contributed by atoms with Gasteiger partial charge in [0.15, 0.2) is 0 Å². The summed E-state index contributed by atoms with van der Waals surface area (Å²) in [5.74, 6) is 0.312. The Bertz CT molecular complexity index is 948. The molecule has 2 aromatic rings. The van der Waals surface area contributed by atoms with E-state index < -0.39 is 6.10 Å². The first kappa shape index (κ1) is 19.5. The molecule has 0 aromatic heterocycles. The number of hydrogen-bond donors (Lipinski definition) is 1. The van der Waals surface area contributed by atoms with E-state index >= 15 is 0 Å². The Hall–Kier alpha value is -2.44. The molecule has 0 radical (unpaired) electrons. The number of carbonyl (C=O) groups excluding carboxylic acids is 1. The second-order valence-electron chi connectivity index (χ2n) is 8.77. The Balaban J connectivity index is 1.23. The minimum Gasteiger partial charge on any atom is -0.388 e. The molecule has 0 bridgehead atoms. The standard InChI is InChI=1S/C24H28FN3O2/c1-26-21-5-2-4-18-19-14-27(13-11-20(19)28(24(18)21)15-23(26)30)12-3-6-22(29)16-7-9-17(25)10-8-16/h2,4-5,7-10,19-20,22,29H,3,6,11-15H2,1H3/t19-,20-,22?/m0/s1. The molecule has 1 fully saturated rings. The van der Waals surface area contributed by atoms with Crippen LogP contribution in [0.15, 0.2) is 42.5 Å². The molecule has 3 heterocycles. The van der Waals surface area contributed by atoms with Gasteiger partial charge in [-0.05, 0) is 55.1 Å². The molecule has 3 aliphatic rings. The van der Waals surface area contributed by atoms with Gasteiger partial charge in [-0.1, -0.05) is 24.3 Å². The predicted octanol–water partition coefficient (Wildman–Crippen LogP) is 3.29. The first-order valence-corrected chi connectivity index (χ1v) is 10.8. The van der Waals surface area contributed by atoms with E-state index in [9.17, 15) is 14.3 Å². The zero-order valence-corrected chi connectivity index (χ0v) is 17.3. The molecule has 0 saturated carbocycles. The molecule has 158 valence electrons. The second-order valence-corrected chi connectivity index (χ2v) is 8.77. The lowest BCUT2D eigenvalue weighted by atomic mass is 9.89. The predicted molar refractivity (Wildman–Crippen MR) is 115 cm³/mol. The lowest BCUT2D eigenvalue weighted by Crippen LogP contribution is -2.51. The van der Waals surface area contributed by atoms with Crippen LogP contribution in [0.3, 0.4) is 0 Å². The van der Waals surface area contributed by atoms with E-state index in [0.717, 1.165) is 43.7 Å². The maximum absolute atomic E-state index is 13.1. The lowest BCUT2D eigenvalue weighted by molar-refractivity contribution is -0.117. The summed E-state index contributed by atoms with van der Waals surface area (Å²) in [5.41, 5.74) is 4.43. The van der Waals surface area contributed by atoms with E-state index in [-0.39, 0.29) is 11.7 Å². The average Bonchev–Trinajstić information content (AvgIpc) is 3.06. The van der Waals surface area contributed by atoms with Crippen LogP contribution in [0.5, 0.6) is 0 Å². The quantitative estimate of drug-likeness (QED) is 0.823. The van der Waals surface area contributed by atoms with Gasteiger partial charge in [0.1, 0.15) is 5.82 Å². The SMILES string of the molecule is CN1C(=O)CN2c3c(cccc31)[C@@H]1CN(CCCC(O)c3ccc(F)cc3)CC[C@@H]12. The highest BCUT2D eigenvalue weighted by molar-refractivity contribution is 6.04. The summed E-state index contributed by atoms with van der Waals surface area (Å²) in [6, 6.07) is 12.9. The Morgan fingerprint density at radius 3 is 2.80 bits per heavy atom. The third-order valence-electron chi connectivity index (χ3n) is 7.04. The van der Waals surface area contributed by atoms with Crippen LogP contribution in [0, 0.1) is 5.82 Å². The number of piperidine rings is 1. The third kappa shape index (κ3) is 3.28. The fourth-order valence-electron chi connectivity index (χ4n) is 5.43. The second kappa shape index (κ2) is 7.67. The highest BCUT2D eigenvalue weighted by atomic mass is 19.1. The molecule has 5 nitrogen and oxygen atoms in total. The van der Waals surface area contributed by atoms with Gasteiger partial charge in [0, 0.05) is 32.1 Å². The van der Waals surface area contributed by atoms with E-state index in [1.54, 1.807) is 17.0 Å². The van der Waals surface area contributed by atoms with Gasteiger partial charge < -0.3 is 19.8 Å². The van der Waals surface area contributed by atoms with Crippen LogP contribution in [0.4, 0.5) is 15.8 Å². The van der Waals surface area contributed by atoms with Gasteiger partial charge in [-0.2, -0.15) is 0 Å². The van der Waals surface area contributed by atoms with E-state index in [4.69, 9.17) is 0 Å². The maximum atomic E-state index is 13.1. The fraction of sp³-hybridized carbons (Fsp3) is 0.458. The molecule has 3 atom stereocenters. The fourth-order valence-corrected chi connectivity index (χ4v) is 5.43. The highest BCUT2D eigenvalue weighted by Gasteiger charge is 2.46. The van der Waals surface area contributed by atoms with Gasteiger partial charge in [-0.3, -0.25) is 4.79 Å². The van der Waals surface area contributed by atoms with Crippen molar-refractivity contribution in [3.05, 3.63) is 59.4 Å². The van der Waals surface area contributed by atoms with Crippen LogP contribution in [-0.4, -0.2) is 55.2 Å². The van der Waals surface area contributed by atoms with Crippen molar-refractivity contribution in [2.45, 2.75) is 37.3 Å². The Kier molecular flexibility index (Phi) is 4.99. The number of hydrogen-bond acceptors (Lipinski definition) is 4. The van der Waals surface area contributed by atoms with Crippen molar-refractivity contribution >= 4 is 17.3 Å². The van der Waals surface area contributed by atoms with Crippen LogP contribution < -0.4 is 9.80 Å². The number of likely N-dealkylation sites (N-methyl/N-ethyl adjacent to an activating group) is 1. The van der Waals surface area contributed by atoms with E-state index in [2.05, 4.69) is 28.0 Å². The Labute approximate surface area is 176 Å². The normalized spacial score (nSPS) is 24.0. The highest BCUT2D eigenvalue weighted by Crippen LogP contribution is 2.50. The molecule has 0 spiro atoms. The number of para-hydroxylation sites is 1. The number of rotatable bonds is 5.